The van der Waals surface area contributed by atoms with Crippen molar-refractivity contribution in [1.82, 2.24) is 9.88 Å². The molecule has 2 heterocycles. The van der Waals surface area contributed by atoms with Crippen molar-refractivity contribution in [3.63, 3.8) is 0 Å². The molecule has 1 aromatic heterocycles. The van der Waals surface area contributed by atoms with Crippen molar-refractivity contribution < 1.29 is 4.74 Å². The Bertz CT molecular complexity index is 391. The summed E-state index contributed by atoms with van der Waals surface area (Å²) >= 11 is 0. The SMILES string of the molecule is CCNC(c1ccn(CC2CCOCC2)c1)C1CC1. The van der Waals surface area contributed by atoms with Crippen molar-refractivity contribution in [1.29, 1.82) is 0 Å². The summed E-state index contributed by atoms with van der Waals surface area (Å²) in [6.07, 6.45) is 9.84. The van der Waals surface area contributed by atoms with E-state index in [0.717, 1.165) is 38.1 Å². The predicted molar refractivity (Wildman–Crippen MR) is 77.1 cm³/mol. The highest BCUT2D eigenvalue weighted by molar-refractivity contribution is 5.18. The van der Waals surface area contributed by atoms with Crippen LogP contribution in [0.3, 0.4) is 0 Å². The van der Waals surface area contributed by atoms with Crippen LogP contribution in [0.25, 0.3) is 0 Å². The third-order valence-electron chi connectivity index (χ3n) is 4.46. The first-order valence-corrected chi connectivity index (χ1v) is 7.83. The van der Waals surface area contributed by atoms with Gasteiger partial charge in [0, 0.05) is 38.2 Å². The molecule has 0 bridgehead atoms. The highest BCUT2D eigenvalue weighted by Crippen LogP contribution is 2.41. The smallest absolute Gasteiger partial charge is 0.0469 e. The first kappa shape index (κ1) is 13.2. The van der Waals surface area contributed by atoms with Crippen LogP contribution in [0.2, 0.25) is 0 Å². The van der Waals surface area contributed by atoms with Crippen molar-refractivity contribution in [3.05, 3.63) is 24.0 Å². The summed E-state index contributed by atoms with van der Waals surface area (Å²) in [5.41, 5.74) is 1.48. The van der Waals surface area contributed by atoms with E-state index in [1.54, 1.807) is 0 Å². The van der Waals surface area contributed by atoms with Crippen LogP contribution in [0, 0.1) is 11.8 Å². The lowest BCUT2D eigenvalue weighted by molar-refractivity contribution is 0.0613. The van der Waals surface area contributed by atoms with Crippen molar-refractivity contribution >= 4 is 0 Å². The summed E-state index contributed by atoms with van der Waals surface area (Å²) in [6, 6.07) is 2.89. The maximum atomic E-state index is 5.43. The zero-order valence-corrected chi connectivity index (χ0v) is 12.0. The average molecular weight is 262 g/mol. The second-order valence-corrected chi connectivity index (χ2v) is 6.07. The second-order valence-electron chi connectivity index (χ2n) is 6.07. The minimum absolute atomic E-state index is 0.584. The first-order chi connectivity index (χ1) is 9.36. The summed E-state index contributed by atoms with van der Waals surface area (Å²) < 4.78 is 7.82. The van der Waals surface area contributed by atoms with E-state index in [2.05, 4.69) is 35.3 Å². The molecule has 0 amide bonds. The van der Waals surface area contributed by atoms with Crippen molar-refractivity contribution in [3.8, 4) is 0 Å². The minimum Gasteiger partial charge on any atom is -0.381 e. The number of hydrogen-bond acceptors (Lipinski definition) is 2. The van der Waals surface area contributed by atoms with Crippen LogP contribution in [-0.4, -0.2) is 24.3 Å². The molecule has 1 atom stereocenters. The highest BCUT2D eigenvalue weighted by atomic mass is 16.5. The summed E-state index contributed by atoms with van der Waals surface area (Å²) in [7, 11) is 0. The molecule has 1 aliphatic heterocycles. The molecule has 1 N–H and O–H groups in total. The third kappa shape index (κ3) is 3.40. The maximum Gasteiger partial charge on any atom is 0.0469 e. The molecule has 1 unspecified atom stereocenters. The van der Waals surface area contributed by atoms with Gasteiger partial charge in [-0.05, 0) is 55.7 Å². The van der Waals surface area contributed by atoms with Gasteiger partial charge in [0.1, 0.15) is 0 Å². The van der Waals surface area contributed by atoms with E-state index in [1.807, 2.05) is 0 Å². The molecular formula is C16H26N2O. The number of rotatable bonds is 6. The van der Waals surface area contributed by atoms with Crippen LogP contribution in [0.15, 0.2) is 18.5 Å². The lowest BCUT2D eigenvalue weighted by Crippen LogP contribution is -2.22. The van der Waals surface area contributed by atoms with Gasteiger partial charge in [0.2, 0.25) is 0 Å². The predicted octanol–water partition coefficient (Wildman–Crippen LogP) is 2.98. The lowest BCUT2D eigenvalue weighted by atomic mass is 10.0. The van der Waals surface area contributed by atoms with E-state index in [4.69, 9.17) is 4.74 Å². The van der Waals surface area contributed by atoms with Crippen molar-refractivity contribution in [2.75, 3.05) is 19.8 Å². The van der Waals surface area contributed by atoms with Gasteiger partial charge in [-0.1, -0.05) is 6.92 Å². The number of ether oxygens (including phenoxy) is 1. The van der Waals surface area contributed by atoms with Crippen LogP contribution in [0.1, 0.15) is 44.2 Å². The van der Waals surface area contributed by atoms with Gasteiger partial charge in [-0.3, -0.25) is 0 Å². The Morgan fingerprint density at radius 2 is 2.11 bits per heavy atom. The number of nitrogens with one attached hydrogen (secondary N) is 1. The molecule has 3 rings (SSSR count). The zero-order chi connectivity index (χ0) is 13.1. The fourth-order valence-corrected chi connectivity index (χ4v) is 3.19. The molecule has 0 aromatic carbocycles. The van der Waals surface area contributed by atoms with Gasteiger partial charge >= 0.3 is 0 Å². The number of aromatic nitrogens is 1. The molecule has 3 nitrogen and oxygen atoms in total. The quantitative estimate of drug-likeness (QED) is 0.853. The summed E-state index contributed by atoms with van der Waals surface area (Å²) in [5, 5.41) is 3.64. The normalized spacial score (nSPS) is 22.6. The Hall–Kier alpha value is -0.800. The van der Waals surface area contributed by atoms with Gasteiger partial charge < -0.3 is 14.6 Å². The molecule has 3 heteroatoms. The average Bonchev–Trinajstić information content (AvgIpc) is 3.17. The van der Waals surface area contributed by atoms with Gasteiger partial charge in [-0.15, -0.1) is 0 Å². The molecule has 2 aliphatic rings. The Morgan fingerprint density at radius 3 is 2.79 bits per heavy atom. The van der Waals surface area contributed by atoms with E-state index in [0.29, 0.717) is 6.04 Å². The van der Waals surface area contributed by atoms with Gasteiger partial charge in [0.25, 0.3) is 0 Å². The highest BCUT2D eigenvalue weighted by Gasteiger charge is 2.32. The zero-order valence-electron chi connectivity index (χ0n) is 12.0. The topological polar surface area (TPSA) is 26.2 Å². The van der Waals surface area contributed by atoms with Crippen LogP contribution >= 0.6 is 0 Å². The van der Waals surface area contributed by atoms with Crippen LogP contribution in [-0.2, 0) is 11.3 Å². The molecule has 1 saturated carbocycles. The van der Waals surface area contributed by atoms with Gasteiger partial charge in [-0.2, -0.15) is 0 Å². The monoisotopic (exact) mass is 262 g/mol. The van der Waals surface area contributed by atoms with E-state index in [9.17, 15) is 0 Å². The minimum atomic E-state index is 0.584. The van der Waals surface area contributed by atoms with Gasteiger partial charge in [-0.25, -0.2) is 0 Å². The standard InChI is InChI=1S/C16H26N2O/c1-2-17-16(14-3-4-14)15-5-8-18(12-15)11-13-6-9-19-10-7-13/h5,8,12-14,16-17H,2-4,6-7,9-11H2,1H3. The van der Waals surface area contributed by atoms with Crippen LogP contribution < -0.4 is 5.32 Å². The van der Waals surface area contributed by atoms with Crippen molar-refractivity contribution in [2.45, 2.75) is 45.2 Å². The Kier molecular flexibility index (Phi) is 4.24. The fourth-order valence-electron chi connectivity index (χ4n) is 3.19. The van der Waals surface area contributed by atoms with Gasteiger partial charge in [0.05, 0.1) is 0 Å². The van der Waals surface area contributed by atoms with E-state index >= 15 is 0 Å². The number of hydrogen-bond donors (Lipinski definition) is 1. The molecular weight excluding hydrogens is 236 g/mol. The second kappa shape index (κ2) is 6.10. The molecule has 1 aromatic rings. The van der Waals surface area contributed by atoms with E-state index in [-0.39, 0.29) is 0 Å². The third-order valence-corrected chi connectivity index (χ3v) is 4.46. The Balaban J connectivity index is 1.61. The van der Waals surface area contributed by atoms with Crippen LogP contribution in [0.4, 0.5) is 0 Å². The Labute approximate surface area is 116 Å². The number of nitrogens with zero attached hydrogens (tertiary/aromatic N) is 1. The molecule has 1 saturated heterocycles. The molecule has 0 spiro atoms. The van der Waals surface area contributed by atoms with Crippen LogP contribution in [0.5, 0.6) is 0 Å². The maximum absolute atomic E-state index is 5.43. The Morgan fingerprint density at radius 1 is 1.32 bits per heavy atom. The summed E-state index contributed by atoms with van der Waals surface area (Å²) in [6.45, 7) is 6.31. The van der Waals surface area contributed by atoms with E-state index < -0.39 is 0 Å². The van der Waals surface area contributed by atoms with Gasteiger partial charge in [0.15, 0.2) is 0 Å². The molecule has 0 radical (unpaired) electrons. The molecule has 1 aliphatic carbocycles. The molecule has 19 heavy (non-hydrogen) atoms. The van der Waals surface area contributed by atoms with Crippen molar-refractivity contribution in [2.24, 2.45) is 11.8 Å². The first-order valence-electron chi connectivity index (χ1n) is 7.83. The summed E-state index contributed by atoms with van der Waals surface area (Å²) in [4.78, 5) is 0. The summed E-state index contributed by atoms with van der Waals surface area (Å²) in [5.74, 6) is 1.67. The fraction of sp³-hybridized carbons (Fsp3) is 0.750. The van der Waals surface area contributed by atoms with E-state index in [1.165, 1.54) is 31.2 Å². The molecule has 2 fully saturated rings. The largest absolute Gasteiger partial charge is 0.381 e. The molecule has 106 valence electrons. The lowest BCUT2D eigenvalue weighted by Gasteiger charge is -2.22.